The highest BCUT2D eigenvalue weighted by molar-refractivity contribution is 6.46. The Hall–Kier alpha value is -4.26. The van der Waals surface area contributed by atoms with Crippen molar-refractivity contribution in [1.82, 2.24) is 0 Å². The molecule has 0 atom stereocenters. The first kappa shape index (κ1) is 22.9. The van der Waals surface area contributed by atoms with Gasteiger partial charge in [-0.05, 0) is 54.8 Å². The van der Waals surface area contributed by atoms with Crippen LogP contribution in [0.15, 0.2) is 66.4 Å². The second-order valence-electron chi connectivity index (χ2n) is 7.89. The van der Waals surface area contributed by atoms with Gasteiger partial charge in [-0.3, -0.25) is 9.59 Å². The number of amides is 2. The van der Waals surface area contributed by atoms with Crippen LogP contribution in [0.5, 0.6) is 17.2 Å². The molecule has 34 heavy (non-hydrogen) atoms. The molecular weight excluding hydrogens is 432 g/mol. The first-order valence-corrected chi connectivity index (χ1v) is 10.7. The molecule has 0 radical (unpaired) electrons. The molecule has 0 saturated heterocycles. The van der Waals surface area contributed by atoms with Crippen molar-refractivity contribution in [3.05, 3.63) is 83.1 Å². The average Bonchev–Trinajstić information content (AvgIpc) is 3.09. The Morgan fingerprint density at radius 1 is 0.735 bits per heavy atom. The Kier molecular flexibility index (Phi) is 6.27. The van der Waals surface area contributed by atoms with Crippen molar-refractivity contribution in [2.45, 2.75) is 13.8 Å². The number of carbonyl (C=O) groups excluding carboxylic acids is 2. The smallest absolute Gasteiger partial charge is 0.282 e. The first-order chi connectivity index (χ1) is 16.4. The van der Waals surface area contributed by atoms with Crippen LogP contribution in [-0.2, 0) is 9.59 Å². The van der Waals surface area contributed by atoms with Crippen LogP contribution in [0.1, 0.15) is 16.7 Å². The van der Waals surface area contributed by atoms with Gasteiger partial charge in [0.15, 0.2) is 0 Å². The maximum atomic E-state index is 13.7. The molecule has 0 spiro atoms. The molecule has 0 bridgehead atoms. The van der Waals surface area contributed by atoms with Gasteiger partial charge < -0.3 is 19.5 Å². The molecule has 0 saturated carbocycles. The molecule has 174 valence electrons. The van der Waals surface area contributed by atoms with Gasteiger partial charge in [0.25, 0.3) is 11.8 Å². The second-order valence-corrected chi connectivity index (χ2v) is 7.89. The third kappa shape index (κ3) is 4.08. The van der Waals surface area contributed by atoms with E-state index in [9.17, 15) is 9.59 Å². The van der Waals surface area contributed by atoms with E-state index in [1.54, 1.807) is 49.6 Å². The standard InChI is InChI=1S/C27H26N2O5/c1-16-9-10-18(13-17(16)2)24-25(28-22-15-21(33-4)11-12-23(22)34-5)27(31)29(26(24)30)19-7-6-8-20(14-19)32-3/h6-15,28H,1-5H3. The summed E-state index contributed by atoms with van der Waals surface area (Å²) in [4.78, 5) is 28.5. The quantitative estimate of drug-likeness (QED) is 0.516. The molecule has 0 aromatic heterocycles. The minimum atomic E-state index is -0.476. The van der Waals surface area contributed by atoms with Crippen LogP contribution in [-0.4, -0.2) is 33.1 Å². The highest BCUT2D eigenvalue weighted by Gasteiger charge is 2.40. The third-order valence-electron chi connectivity index (χ3n) is 5.86. The Morgan fingerprint density at radius 3 is 2.15 bits per heavy atom. The van der Waals surface area contributed by atoms with E-state index >= 15 is 0 Å². The van der Waals surface area contributed by atoms with Gasteiger partial charge in [-0.15, -0.1) is 0 Å². The van der Waals surface area contributed by atoms with Crippen LogP contribution < -0.4 is 24.4 Å². The average molecular weight is 459 g/mol. The Labute approximate surface area is 198 Å². The van der Waals surface area contributed by atoms with Gasteiger partial charge in [0.1, 0.15) is 22.9 Å². The van der Waals surface area contributed by atoms with Crippen molar-refractivity contribution in [2.24, 2.45) is 0 Å². The lowest BCUT2D eigenvalue weighted by Crippen LogP contribution is -2.32. The van der Waals surface area contributed by atoms with Gasteiger partial charge in [0.2, 0.25) is 0 Å². The fraction of sp³-hybridized carbons (Fsp3) is 0.185. The van der Waals surface area contributed by atoms with Crippen LogP contribution in [0, 0.1) is 13.8 Å². The van der Waals surface area contributed by atoms with E-state index in [-0.39, 0.29) is 11.3 Å². The number of aryl methyl sites for hydroxylation is 2. The van der Waals surface area contributed by atoms with Crippen molar-refractivity contribution < 1.29 is 23.8 Å². The number of carbonyl (C=O) groups is 2. The molecule has 7 heteroatoms. The number of nitrogens with one attached hydrogen (secondary N) is 1. The zero-order valence-electron chi connectivity index (χ0n) is 19.8. The Bertz CT molecular complexity index is 1310. The summed E-state index contributed by atoms with van der Waals surface area (Å²) < 4.78 is 16.1. The second kappa shape index (κ2) is 9.31. The Balaban J connectivity index is 1.87. The van der Waals surface area contributed by atoms with Crippen molar-refractivity contribution in [2.75, 3.05) is 31.5 Å². The van der Waals surface area contributed by atoms with Gasteiger partial charge in [-0.1, -0.05) is 24.3 Å². The summed E-state index contributed by atoms with van der Waals surface area (Å²) in [5, 5.41) is 3.16. The van der Waals surface area contributed by atoms with Crippen LogP contribution in [0.4, 0.5) is 11.4 Å². The molecule has 0 unspecified atom stereocenters. The van der Waals surface area contributed by atoms with Gasteiger partial charge in [0, 0.05) is 12.1 Å². The van der Waals surface area contributed by atoms with Crippen LogP contribution in [0.2, 0.25) is 0 Å². The predicted molar refractivity (Wildman–Crippen MR) is 131 cm³/mol. The van der Waals surface area contributed by atoms with E-state index in [2.05, 4.69) is 5.32 Å². The molecule has 3 aromatic rings. The lowest BCUT2D eigenvalue weighted by molar-refractivity contribution is -0.120. The number of hydrogen-bond donors (Lipinski definition) is 1. The van der Waals surface area contributed by atoms with E-state index in [4.69, 9.17) is 14.2 Å². The summed E-state index contributed by atoms with van der Waals surface area (Å²) >= 11 is 0. The summed E-state index contributed by atoms with van der Waals surface area (Å²) in [5.74, 6) is 0.731. The number of anilines is 2. The first-order valence-electron chi connectivity index (χ1n) is 10.7. The van der Waals surface area contributed by atoms with Gasteiger partial charge in [-0.2, -0.15) is 0 Å². The molecule has 1 N–H and O–H groups in total. The molecular formula is C27H26N2O5. The van der Waals surface area contributed by atoms with Crippen molar-refractivity contribution in [1.29, 1.82) is 0 Å². The van der Waals surface area contributed by atoms with Gasteiger partial charge in [0.05, 0.1) is 38.3 Å². The minimum absolute atomic E-state index is 0.155. The molecule has 7 nitrogen and oxygen atoms in total. The van der Waals surface area contributed by atoms with Gasteiger partial charge >= 0.3 is 0 Å². The summed E-state index contributed by atoms with van der Waals surface area (Å²) in [5.41, 5.74) is 4.12. The normalized spacial score (nSPS) is 13.4. The van der Waals surface area contributed by atoms with Crippen LogP contribution >= 0.6 is 0 Å². The largest absolute Gasteiger partial charge is 0.497 e. The Morgan fingerprint density at radius 2 is 1.47 bits per heavy atom. The number of rotatable bonds is 7. The summed E-state index contributed by atoms with van der Waals surface area (Å²) in [7, 11) is 4.63. The van der Waals surface area contributed by atoms with Crippen LogP contribution in [0.3, 0.4) is 0 Å². The lowest BCUT2D eigenvalue weighted by atomic mass is 9.99. The number of methoxy groups -OCH3 is 3. The zero-order chi connectivity index (χ0) is 24.4. The molecule has 3 aromatic carbocycles. The number of ether oxygens (including phenoxy) is 3. The summed E-state index contributed by atoms with van der Waals surface area (Å²) in [6, 6.07) is 17.8. The number of benzene rings is 3. The number of nitrogens with zero attached hydrogens (tertiary/aromatic N) is 1. The SMILES string of the molecule is COc1cccc(N2C(=O)C(Nc3cc(OC)ccc3OC)=C(c3ccc(C)c(C)c3)C2=O)c1. The van der Waals surface area contributed by atoms with E-state index in [1.165, 1.54) is 14.2 Å². The summed E-state index contributed by atoms with van der Waals surface area (Å²) in [6.07, 6.45) is 0. The molecule has 1 aliphatic rings. The molecule has 1 aliphatic heterocycles. The fourth-order valence-corrected chi connectivity index (χ4v) is 3.84. The molecule has 0 fully saturated rings. The zero-order valence-corrected chi connectivity index (χ0v) is 19.8. The monoisotopic (exact) mass is 458 g/mol. The number of hydrogen-bond acceptors (Lipinski definition) is 6. The highest BCUT2D eigenvalue weighted by Crippen LogP contribution is 2.38. The third-order valence-corrected chi connectivity index (χ3v) is 5.86. The topological polar surface area (TPSA) is 77.1 Å². The molecule has 4 rings (SSSR count). The van der Waals surface area contributed by atoms with E-state index in [1.807, 2.05) is 32.0 Å². The van der Waals surface area contributed by atoms with Gasteiger partial charge in [-0.25, -0.2) is 4.90 Å². The van der Waals surface area contributed by atoms with Crippen LogP contribution in [0.25, 0.3) is 5.57 Å². The highest BCUT2D eigenvalue weighted by atomic mass is 16.5. The maximum absolute atomic E-state index is 13.7. The maximum Gasteiger partial charge on any atom is 0.282 e. The summed E-state index contributed by atoms with van der Waals surface area (Å²) in [6.45, 7) is 3.97. The van der Waals surface area contributed by atoms with E-state index in [0.29, 0.717) is 34.2 Å². The molecule has 2 amide bonds. The predicted octanol–water partition coefficient (Wildman–Crippen LogP) is 4.73. The molecule has 1 heterocycles. The molecule has 0 aliphatic carbocycles. The van der Waals surface area contributed by atoms with Crippen molar-refractivity contribution in [3.63, 3.8) is 0 Å². The minimum Gasteiger partial charge on any atom is -0.497 e. The van der Waals surface area contributed by atoms with Crippen molar-refractivity contribution in [3.8, 4) is 17.2 Å². The number of imide groups is 1. The van der Waals surface area contributed by atoms with Crippen molar-refractivity contribution >= 4 is 28.8 Å². The van der Waals surface area contributed by atoms with E-state index < -0.39 is 11.8 Å². The van der Waals surface area contributed by atoms with E-state index in [0.717, 1.165) is 16.0 Å². The lowest BCUT2D eigenvalue weighted by Gasteiger charge is -2.17. The fourth-order valence-electron chi connectivity index (χ4n) is 3.84.